The number of nitrogens with one attached hydrogen (secondary N) is 2. The van der Waals surface area contributed by atoms with E-state index in [4.69, 9.17) is 4.74 Å². The van der Waals surface area contributed by atoms with E-state index in [0.29, 0.717) is 23.9 Å². The third-order valence-corrected chi connectivity index (χ3v) is 5.37. The molecule has 2 aromatic rings. The van der Waals surface area contributed by atoms with Crippen molar-refractivity contribution >= 4 is 28.5 Å². The maximum absolute atomic E-state index is 12.4. The Kier molecular flexibility index (Phi) is 6.96. The first-order valence-electron chi connectivity index (χ1n) is 9.70. The SMILES string of the molecule is CCOC(=O)Cc1csc(NC(=O)NC(CC)c2nnc3n2CCCCC3)n1. The lowest BCUT2D eigenvalue weighted by atomic mass is 10.2. The van der Waals surface area contributed by atoms with Crippen LogP contribution >= 0.6 is 11.3 Å². The van der Waals surface area contributed by atoms with Crippen LogP contribution in [-0.2, 0) is 28.9 Å². The largest absolute Gasteiger partial charge is 0.466 e. The molecule has 28 heavy (non-hydrogen) atoms. The van der Waals surface area contributed by atoms with E-state index in [0.717, 1.165) is 37.5 Å². The Balaban J connectivity index is 1.60. The summed E-state index contributed by atoms with van der Waals surface area (Å²) in [5.74, 6) is 1.47. The molecule has 0 fully saturated rings. The van der Waals surface area contributed by atoms with Crippen LogP contribution in [0.5, 0.6) is 0 Å². The molecule has 1 aliphatic heterocycles. The number of thiazole rings is 1. The number of aromatic nitrogens is 4. The number of rotatable bonds is 7. The number of anilines is 1. The molecule has 3 rings (SSSR count). The topological polar surface area (TPSA) is 111 Å². The van der Waals surface area contributed by atoms with Crippen molar-refractivity contribution in [2.75, 3.05) is 11.9 Å². The van der Waals surface area contributed by atoms with Gasteiger partial charge in [0.2, 0.25) is 0 Å². The molecule has 10 heteroatoms. The number of aryl methyl sites for hydroxylation is 1. The number of esters is 1. The summed E-state index contributed by atoms with van der Waals surface area (Å²) in [5, 5.41) is 16.5. The highest BCUT2D eigenvalue weighted by Gasteiger charge is 2.23. The molecule has 0 bridgehead atoms. The molecule has 0 spiro atoms. The quantitative estimate of drug-likeness (QED) is 0.684. The number of carbonyl (C=O) groups is 2. The number of urea groups is 1. The Morgan fingerprint density at radius 3 is 2.93 bits per heavy atom. The van der Waals surface area contributed by atoms with Crippen molar-refractivity contribution in [2.24, 2.45) is 0 Å². The zero-order valence-electron chi connectivity index (χ0n) is 16.2. The van der Waals surface area contributed by atoms with Crippen LogP contribution in [0.25, 0.3) is 0 Å². The van der Waals surface area contributed by atoms with Crippen LogP contribution in [0.1, 0.15) is 62.9 Å². The van der Waals surface area contributed by atoms with Gasteiger partial charge in [-0.15, -0.1) is 21.5 Å². The molecule has 1 unspecified atom stereocenters. The summed E-state index contributed by atoms with van der Waals surface area (Å²) >= 11 is 1.27. The number of hydrogen-bond donors (Lipinski definition) is 2. The van der Waals surface area contributed by atoms with Crippen molar-refractivity contribution in [1.82, 2.24) is 25.1 Å². The molecule has 0 radical (unpaired) electrons. The summed E-state index contributed by atoms with van der Waals surface area (Å²) in [4.78, 5) is 28.2. The second-order valence-corrected chi connectivity index (χ2v) is 7.48. The minimum absolute atomic E-state index is 0.0944. The summed E-state index contributed by atoms with van der Waals surface area (Å²) in [7, 11) is 0. The minimum Gasteiger partial charge on any atom is -0.466 e. The zero-order valence-corrected chi connectivity index (χ0v) is 17.0. The van der Waals surface area contributed by atoms with Crippen LogP contribution < -0.4 is 10.6 Å². The molecule has 1 aliphatic rings. The second-order valence-electron chi connectivity index (χ2n) is 6.62. The lowest BCUT2D eigenvalue weighted by molar-refractivity contribution is -0.142. The summed E-state index contributed by atoms with van der Waals surface area (Å²) in [6.07, 6.45) is 5.14. The fourth-order valence-electron chi connectivity index (χ4n) is 3.21. The predicted octanol–water partition coefficient (Wildman–Crippen LogP) is 2.84. The Bertz CT molecular complexity index is 818. The van der Waals surface area contributed by atoms with Gasteiger partial charge in [-0.05, 0) is 26.2 Å². The third kappa shape index (κ3) is 5.06. The van der Waals surface area contributed by atoms with Gasteiger partial charge < -0.3 is 14.6 Å². The maximum atomic E-state index is 12.4. The molecule has 0 saturated heterocycles. The van der Waals surface area contributed by atoms with Crippen LogP contribution in [0.3, 0.4) is 0 Å². The highest BCUT2D eigenvalue weighted by atomic mass is 32.1. The number of amides is 2. The van der Waals surface area contributed by atoms with E-state index in [1.165, 1.54) is 17.8 Å². The molecule has 0 aliphatic carbocycles. The number of nitrogens with zero attached hydrogens (tertiary/aromatic N) is 4. The van der Waals surface area contributed by atoms with Crippen molar-refractivity contribution in [3.8, 4) is 0 Å². The summed E-state index contributed by atoms with van der Waals surface area (Å²) in [6.45, 7) is 4.99. The van der Waals surface area contributed by atoms with Gasteiger partial charge in [0.25, 0.3) is 0 Å². The third-order valence-electron chi connectivity index (χ3n) is 4.57. The zero-order chi connectivity index (χ0) is 19.9. The molecule has 1 atom stereocenters. The molecule has 152 valence electrons. The van der Waals surface area contributed by atoms with Crippen LogP contribution in [0, 0.1) is 0 Å². The highest BCUT2D eigenvalue weighted by molar-refractivity contribution is 7.13. The van der Waals surface area contributed by atoms with E-state index in [1.807, 2.05) is 6.92 Å². The van der Waals surface area contributed by atoms with Crippen molar-refractivity contribution in [1.29, 1.82) is 0 Å². The van der Waals surface area contributed by atoms with Crippen LogP contribution in [-0.4, -0.2) is 38.4 Å². The Morgan fingerprint density at radius 1 is 1.29 bits per heavy atom. The Morgan fingerprint density at radius 2 is 2.14 bits per heavy atom. The van der Waals surface area contributed by atoms with Crippen molar-refractivity contribution in [3.05, 3.63) is 22.7 Å². The number of ether oxygens (including phenoxy) is 1. The fourth-order valence-corrected chi connectivity index (χ4v) is 3.92. The van der Waals surface area contributed by atoms with Crippen LogP contribution in [0.2, 0.25) is 0 Å². The van der Waals surface area contributed by atoms with Crippen LogP contribution in [0.4, 0.5) is 9.93 Å². The first-order valence-corrected chi connectivity index (χ1v) is 10.6. The van der Waals surface area contributed by atoms with E-state index in [1.54, 1.807) is 12.3 Å². The number of carbonyl (C=O) groups excluding carboxylic acids is 2. The summed E-state index contributed by atoms with van der Waals surface area (Å²) in [6, 6.07) is -0.576. The van der Waals surface area contributed by atoms with E-state index < -0.39 is 0 Å². The monoisotopic (exact) mass is 406 g/mol. The average molecular weight is 407 g/mol. The first-order chi connectivity index (χ1) is 13.6. The van der Waals surface area contributed by atoms with Crippen molar-refractivity contribution in [3.63, 3.8) is 0 Å². The summed E-state index contributed by atoms with van der Waals surface area (Å²) < 4.78 is 7.05. The van der Waals surface area contributed by atoms with Gasteiger partial charge in [0.1, 0.15) is 5.82 Å². The Labute approximate surface area is 167 Å². The molecule has 2 amide bonds. The van der Waals surface area contributed by atoms with Crippen LogP contribution in [0.15, 0.2) is 5.38 Å². The predicted molar refractivity (Wildman–Crippen MR) is 105 cm³/mol. The molecule has 2 aromatic heterocycles. The first kappa shape index (κ1) is 20.2. The van der Waals surface area contributed by atoms with E-state index >= 15 is 0 Å². The van der Waals surface area contributed by atoms with E-state index in [-0.39, 0.29) is 24.5 Å². The minimum atomic E-state index is -0.352. The van der Waals surface area contributed by atoms with Gasteiger partial charge in [-0.25, -0.2) is 9.78 Å². The second kappa shape index (κ2) is 9.63. The van der Waals surface area contributed by atoms with Gasteiger partial charge in [-0.3, -0.25) is 10.1 Å². The normalized spacial score (nSPS) is 14.6. The van der Waals surface area contributed by atoms with Crippen molar-refractivity contribution in [2.45, 2.75) is 65.0 Å². The van der Waals surface area contributed by atoms with Gasteiger partial charge in [0.05, 0.1) is 24.8 Å². The van der Waals surface area contributed by atoms with Gasteiger partial charge >= 0.3 is 12.0 Å². The summed E-state index contributed by atoms with van der Waals surface area (Å²) in [5.41, 5.74) is 0.577. The maximum Gasteiger partial charge on any atom is 0.321 e. The molecule has 9 nitrogen and oxygen atoms in total. The molecule has 0 aromatic carbocycles. The molecular formula is C18H26N6O3S. The van der Waals surface area contributed by atoms with E-state index in [2.05, 4.69) is 30.4 Å². The van der Waals surface area contributed by atoms with E-state index in [9.17, 15) is 9.59 Å². The number of fused-ring (bicyclic) bond motifs is 1. The van der Waals surface area contributed by atoms with Gasteiger partial charge in [0.15, 0.2) is 11.0 Å². The van der Waals surface area contributed by atoms with Crippen molar-refractivity contribution < 1.29 is 14.3 Å². The lowest BCUT2D eigenvalue weighted by Crippen LogP contribution is -2.34. The van der Waals surface area contributed by atoms with Gasteiger partial charge in [0, 0.05) is 18.3 Å². The Hall–Kier alpha value is -2.49. The van der Waals surface area contributed by atoms with Gasteiger partial charge in [-0.2, -0.15) is 0 Å². The molecule has 2 N–H and O–H groups in total. The molecule has 0 saturated carbocycles. The average Bonchev–Trinajstić information content (AvgIpc) is 3.19. The smallest absolute Gasteiger partial charge is 0.321 e. The number of hydrogen-bond acceptors (Lipinski definition) is 7. The fraction of sp³-hybridized carbons (Fsp3) is 0.611. The van der Waals surface area contributed by atoms with Gasteiger partial charge in [-0.1, -0.05) is 13.3 Å². The molecular weight excluding hydrogens is 380 g/mol. The highest BCUT2D eigenvalue weighted by Crippen LogP contribution is 2.21. The lowest BCUT2D eigenvalue weighted by Gasteiger charge is -2.17. The standard InChI is InChI=1S/C18H26N6O3S/c1-3-13(16-23-22-14-8-6-5-7-9-24(14)16)20-17(26)21-18-19-12(11-28-18)10-15(25)27-4-2/h11,13H,3-10H2,1-2H3,(H2,19,20,21,26). The molecule has 3 heterocycles.